The SMILES string of the molecule is COC1CCCC(=CCCN)C1. The fraction of sp³-hybridized carbons (Fsp3) is 0.800. The summed E-state index contributed by atoms with van der Waals surface area (Å²) in [5, 5.41) is 0. The minimum atomic E-state index is 0.461. The van der Waals surface area contributed by atoms with Crippen molar-refractivity contribution in [2.24, 2.45) is 5.73 Å². The molecule has 0 amide bonds. The molecule has 2 heteroatoms. The van der Waals surface area contributed by atoms with Gasteiger partial charge in [0, 0.05) is 7.11 Å². The number of rotatable bonds is 3. The van der Waals surface area contributed by atoms with Crippen LogP contribution in [-0.4, -0.2) is 19.8 Å². The summed E-state index contributed by atoms with van der Waals surface area (Å²) in [5.74, 6) is 0. The van der Waals surface area contributed by atoms with Crippen LogP contribution in [-0.2, 0) is 4.74 Å². The Bertz CT molecular complexity index is 154. The molecule has 0 saturated heterocycles. The van der Waals surface area contributed by atoms with Crippen LogP contribution in [0.1, 0.15) is 32.1 Å². The molecule has 0 spiro atoms. The highest BCUT2D eigenvalue weighted by Gasteiger charge is 2.15. The Balaban J connectivity index is 2.34. The standard InChI is InChI=1S/C10H19NO/c1-12-10-6-2-4-9(8-10)5-3-7-11/h5,10H,2-4,6-8,11H2,1H3. The molecule has 2 N–H and O–H groups in total. The zero-order chi connectivity index (χ0) is 8.81. The van der Waals surface area contributed by atoms with Gasteiger partial charge in [-0.3, -0.25) is 0 Å². The molecule has 1 saturated carbocycles. The maximum Gasteiger partial charge on any atom is 0.0608 e. The first-order chi connectivity index (χ1) is 5.86. The van der Waals surface area contributed by atoms with E-state index in [9.17, 15) is 0 Å². The van der Waals surface area contributed by atoms with Gasteiger partial charge in [-0.25, -0.2) is 0 Å². The van der Waals surface area contributed by atoms with Crippen molar-refractivity contribution in [2.45, 2.75) is 38.2 Å². The molecule has 1 aliphatic rings. The monoisotopic (exact) mass is 169 g/mol. The number of nitrogens with two attached hydrogens (primary N) is 1. The van der Waals surface area contributed by atoms with Crippen molar-refractivity contribution < 1.29 is 4.74 Å². The van der Waals surface area contributed by atoms with Crippen molar-refractivity contribution in [3.8, 4) is 0 Å². The molecular formula is C10H19NO. The third-order valence-corrected chi connectivity index (χ3v) is 2.45. The highest BCUT2D eigenvalue weighted by atomic mass is 16.5. The lowest BCUT2D eigenvalue weighted by Crippen LogP contribution is -2.16. The summed E-state index contributed by atoms with van der Waals surface area (Å²) >= 11 is 0. The molecule has 0 heterocycles. The van der Waals surface area contributed by atoms with E-state index in [-0.39, 0.29) is 0 Å². The van der Waals surface area contributed by atoms with E-state index in [1.54, 1.807) is 12.7 Å². The van der Waals surface area contributed by atoms with Crippen LogP contribution in [0.5, 0.6) is 0 Å². The molecule has 70 valence electrons. The normalized spacial score (nSPS) is 27.8. The lowest BCUT2D eigenvalue weighted by Gasteiger charge is -2.22. The van der Waals surface area contributed by atoms with Crippen molar-refractivity contribution >= 4 is 0 Å². The third-order valence-electron chi connectivity index (χ3n) is 2.45. The van der Waals surface area contributed by atoms with Crippen LogP contribution in [0.4, 0.5) is 0 Å². The van der Waals surface area contributed by atoms with E-state index in [1.165, 1.54) is 19.3 Å². The topological polar surface area (TPSA) is 35.2 Å². The molecule has 1 fully saturated rings. The predicted octanol–water partition coefficient (Wildman–Crippen LogP) is 1.85. The Kier molecular flexibility index (Phi) is 4.33. The second-order valence-electron chi connectivity index (χ2n) is 3.39. The summed E-state index contributed by atoms with van der Waals surface area (Å²) in [7, 11) is 1.80. The minimum Gasteiger partial charge on any atom is -0.381 e. The predicted molar refractivity (Wildman–Crippen MR) is 51.0 cm³/mol. The zero-order valence-corrected chi connectivity index (χ0v) is 7.88. The van der Waals surface area contributed by atoms with E-state index in [0.29, 0.717) is 6.10 Å². The summed E-state index contributed by atoms with van der Waals surface area (Å²) in [5.41, 5.74) is 6.98. The molecule has 0 aromatic rings. The average Bonchev–Trinajstić information content (AvgIpc) is 2.15. The fourth-order valence-electron chi connectivity index (χ4n) is 1.73. The lowest BCUT2D eigenvalue weighted by atomic mass is 9.92. The summed E-state index contributed by atoms with van der Waals surface area (Å²) in [4.78, 5) is 0. The van der Waals surface area contributed by atoms with Gasteiger partial charge in [-0.15, -0.1) is 0 Å². The van der Waals surface area contributed by atoms with Crippen molar-refractivity contribution in [2.75, 3.05) is 13.7 Å². The van der Waals surface area contributed by atoms with Crippen molar-refractivity contribution in [3.63, 3.8) is 0 Å². The average molecular weight is 169 g/mol. The summed E-state index contributed by atoms with van der Waals surface area (Å²) < 4.78 is 5.33. The van der Waals surface area contributed by atoms with Gasteiger partial charge < -0.3 is 10.5 Å². The highest BCUT2D eigenvalue weighted by molar-refractivity contribution is 5.06. The largest absolute Gasteiger partial charge is 0.381 e. The second-order valence-corrected chi connectivity index (χ2v) is 3.39. The van der Waals surface area contributed by atoms with E-state index in [2.05, 4.69) is 6.08 Å². The van der Waals surface area contributed by atoms with Gasteiger partial charge in [-0.2, -0.15) is 0 Å². The van der Waals surface area contributed by atoms with Crippen molar-refractivity contribution in [1.82, 2.24) is 0 Å². The van der Waals surface area contributed by atoms with E-state index in [4.69, 9.17) is 10.5 Å². The molecule has 1 atom stereocenters. The molecule has 0 radical (unpaired) electrons. The van der Waals surface area contributed by atoms with Gasteiger partial charge in [0.25, 0.3) is 0 Å². The molecular weight excluding hydrogens is 150 g/mol. The summed E-state index contributed by atoms with van der Waals surface area (Å²) in [6.45, 7) is 0.765. The van der Waals surface area contributed by atoms with Crippen LogP contribution in [0.25, 0.3) is 0 Å². The highest BCUT2D eigenvalue weighted by Crippen LogP contribution is 2.25. The van der Waals surface area contributed by atoms with Crippen LogP contribution in [0.15, 0.2) is 11.6 Å². The van der Waals surface area contributed by atoms with Gasteiger partial charge in [0.15, 0.2) is 0 Å². The molecule has 1 unspecified atom stereocenters. The van der Waals surface area contributed by atoms with Crippen molar-refractivity contribution in [1.29, 1.82) is 0 Å². The van der Waals surface area contributed by atoms with Crippen LogP contribution in [0.3, 0.4) is 0 Å². The van der Waals surface area contributed by atoms with Crippen molar-refractivity contribution in [3.05, 3.63) is 11.6 Å². The van der Waals surface area contributed by atoms with E-state index >= 15 is 0 Å². The molecule has 2 nitrogen and oxygen atoms in total. The summed E-state index contributed by atoms with van der Waals surface area (Å²) in [6.07, 6.45) is 8.63. The van der Waals surface area contributed by atoms with Crippen LogP contribution >= 0.6 is 0 Å². The molecule has 1 aliphatic carbocycles. The molecule has 1 rings (SSSR count). The zero-order valence-electron chi connectivity index (χ0n) is 7.88. The van der Waals surface area contributed by atoms with E-state index in [1.807, 2.05) is 0 Å². The Labute approximate surface area is 74.8 Å². The van der Waals surface area contributed by atoms with Gasteiger partial charge >= 0.3 is 0 Å². The molecule has 0 aromatic heterocycles. The fourth-order valence-corrected chi connectivity index (χ4v) is 1.73. The lowest BCUT2D eigenvalue weighted by molar-refractivity contribution is 0.0848. The van der Waals surface area contributed by atoms with Crippen LogP contribution in [0, 0.1) is 0 Å². The Morgan fingerprint density at radius 3 is 3.17 bits per heavy atom. The van der Waals surface area contributed by atoms with Gasteiger partial charge in [0.2, 0.25) is 0 Å². The molecule has 0 aromatic carbocycles. The maximum absolute atomic E-state index is 5.44. The first kappa shape index (κ1) is 9.75. The quantitative estimate of drug-likeness (QED) is 0.654. The van der Waals surface area contributed by atoms with Gasteiger partial charge in [-0.05, 0) is 38.6 Å². The van der Waals surface area contributed by atoms with Gasteiger partial charge in [0.1, 0.15) is 0 Å². The van der Waals surface area contributed by atoms with Gasteiger partial charge in [0.05, 0.1) is 6.10 Å². The van der Waals surface area contributed by atoms with E-state index in [0.717, 1.165) is 19.4 Å². The summed E-state index contributed by atoms with van der Waals surface area (Å²) in [6, 6.07) is 0. The third kappa shape index (κ3) is 2.95. The number of methoxy groups -OCH3 is 1. The molecule has 12 heavy (non-hydrogen) atoms. The second kappa shape index (κ2) is 5.33. The molecule has 0 bridgehead atoms. The molecule has 0 aliphatic heterocycles. The smallest absolute Gasteiger partial charge is 0.0608 e. The van der Waals surface area contributed by atoms with E-state index < -0.39 is 0 Å². The number of ether oxygens (including phenoxy) is 1. The number of hydrogen-bond donors (Lipinski definition) is 1. The van der Waals surface area contributed by atoms with Gasteiger partial charge in [-0.1, -0.05) is 11.6 Å². The maximum atomic E-state index is 5.44. The first-order valence-electron chi connectivity index (χ1n) is 4.77. The Hall–Kier alpha value is -0.340. The van der Waals surface area contributed by atoms with Crippen LogP contribution < -0.4 is 5.73 Å². The first-order valence-corrected chi connectivity index (χ1v) is 4.77. The minimum absolute atomic E-state index is 0.461. The Morgan fingerprint density at radius 1 is 1.67 bits per heavy atom. The van der Waals surface area contributed by atoms with Crippen LogP contribution in [0.2, 0.25) is 0 Å². The Morgan fingerprint density at radius 2 is 2.50 bits per heavy atom. The number of hydrogen-bond acceptors (Lipinski definition) is 2.